The predicted molar refractivity (Wildman–Crippen MR) is 81.8 cm³/mol. The van der Waals surface area contributed by atoms with E-state index in [-0.39, 0.29) is 12.0 Å². The molecule has 0 spiro atoms. The first-order chi connectivity index (χ1) is 10.6. The van der Waals surface area contributed by atoms with Crippen LogP contribution in [0.4, 0.5) is 0 Å². The molecule has 0 aliphatic carbocycles. The molecule has 1 aromatic carbocycles. The summed E-state index contributed by atoms with van der Waals surface area (Å²) in [6.45, 7) is 3.40. The highest BCUT2D eigenvalue weighted by Gasteiger charge is 2.28. The zero-order valence-electron chi connectivity index (χ0n) is 12.5. The van der Waals surface area contributed by atoms with Gasteiger partial charge in [0.15, 0.2) is 5.82 Å². The van der Waals surface area contributed by atoms with Crippen molar-refractivity contribution in [3.8, 4) is 0 Å². The molecule has 0 N–H and O–H groups in total. The Labute approximate surface area is 133 Å². The van der Waals surface area contributed by atoms with Gasteiger partial charge in [-0.3, -0.25) is 4.79 Å². The van der Waals surface area contributed by atoms with Gasteiger partial charge in [-0.25, -0.2) is 0 Å². The second-order valence-corrected chi connectivity index (χ2v) is 5.78. The summed E-state index contributed by atoms with van der Waals surface area (Å²) in [5.74, 6) is 0.708. The molecule has 116 valence electrons. The van der Waals surface area contributed by atoms with Crippen LogP contribution in [0, 0.1) is 6.92 Å². The quantitative estimate of drug-likeness (QED) is 0.849. The third-order valence-electron chi connectivity index (χ3n) is 3.79. The van der Waals surface area contributed by atoms with Crippen molar-refractivity contribution in [1.29, 1.82) is 0 Å². The number of halogens is 1. The summed E-state index contributed by atoms with van der Waals surface area (Å²) in [5, 5.41) is 8.59. The molecule has 1 aliphatic rings. The number of aromatic nitrogens is 3. The van der Waals surface area contributed by atoms with E-state index in [2.05, 4.69) is 10.2 Å². The fourth-order valence-corrected chi connectivity index (χ4v) is 2.65. The predicted octanol–water partition coefficient (Wildman–Crippen LogP) is 1.99. The van der Waals surface area contributed by atoms with E-state index in [4.69, 9.17) is 16.3 Å². The fraction of sp³-hybridized carbons (Fsp3) is 0.400. The first-order valence-corrected chi connectivity index (χ1v) is 7.45. The van der Waals surface area contributed by atoms with E-state index < -0.39 is 0 Å². The Kier molecular flexibility index (Phi) is 4.13. The zero-order valence-corrected chi connectivity index (χ0v) is 13.2. The van der Waals surface area contributed by atoms with Gasteiger partial charge in [-0.05, 0) is 30.7 Å². The third kappa shape index (κ3) is 2.84. The van der Waals surface area contributed by atoms with Crippen LogP contribution in [0.3, 0.4) is 0 Å². The number of carbonyl (C=O) groups is 1. The Balaban J connectivity index is 1.78. The van der Waals surface area contributed by atoms with E-state index in [1.807, 2.05) is 24.6 Å². The molecule has 3 rings (SSSR count). The maximum Gasteiger partial charge on any atom is 0.254 e. The summed E-state index contributed by atoms with van der Waals surface area (Å²) in [7, 11) is 1.86. The van der Waals surface area contributed by atoms with E-state index in [0.29, 0.717) is 30.3 Å². The molecule has 1 saturated heterocycles. The Bertz CT molecular complexity index is 701. The van der Waals surface area contributed by atoms with Crippen molar-refractivity contribution in [2.24, 2.45) is 7.05 Å². The molecule has 1 fully saturated rings. The summed E-state index contributed by atoms with van der Waals surface area (Å²) in [4.78, 5) is 14.4. The largest absolute Gasteiger partial charge is 0.366 e. The second kappa shape index (κ2) is 6.06. The van der Waals surface area contributed by atoms with Crippen LogP contribution >= 0.6 is 11.6 Å². The average molecular weight is 321 g/mol. The van der Waals surface area contributed by atoms with E-state index in [9.17, 15) is 4.79 Å². The summed E-state index contributed by atoms with van der Waals surface area (Å²) >= 11 is 6.02. The number of aryl methyl sites for hydroxylation is 2. The van der Waals surface area contributed by atoms with Crippen LogP contribution in [-0.4, -0.2) is 45.3 Å². The van der Waals surface area contributed by atoms with Gasteiger partial charge in [0.25, 0.3) is 5.91 Å². The van der Waals surface area contributed by atoms with Crippen molar-refractivity contribution in [2.75, 3.05) is 19.7 Å². The van der Waals surface area contributed by atoms with Crippen LogP contribution in [-0.2, 0) is 11.8 Å². The topological polar surface area (TPSA) is 60.3 Å². The minimum Gasteiger partial charge on any atom is -0.366 e. The summed E-state index contributed by atoms with van der Waals surface area (Å²) in [6.07, 6.45) is 1.38. The number of amides is 1. The molecule has 1 aliphatic heterocycles. The first-order valence-electron chi connectivity index (χ1n) is 7.07. The molecule has 0 bridgehead atoms. The van der Waals surface area contributed by atoms with Gasteiger partial charge in [0.1, 0.15) is 12.4 Å². The highest BCUT2D eigenvalue weighted by Crippen LogP contribution is 2.22. The molecule has 0 saturated carbocycles. The Hall–Kier alpha value is -1.92. The van der Waals surface area contributed by atoms with Gasteiger partial charge in [-0.15, -0.1) is 10.2 Å². The molecule has 1 amide bonds. The van der Waals surface area contributed by atoms with Gasteiger partial charge >= 0.3 is 0 Å². The molecule has 22 heavy (non-hydrogen) atoms. The smallest absolute Gasteiger partial charge is 0.254 e. The van der Waals surface area contributed by atoms with E-state index >= 15 is 0 Å². The normalized spacial score (nSPS) is 18.5. The van der Waals surface area contributed by atoms with Crippen LogP contribution in [0.25, 0.3) is 0 Å². The first kappa shape index (κ1) is 15.0. The number of carbonyl (C=O) groups excluding carboxylic acids is 1. The monoisotopic (exact) mass is 320 g/mol. The van der Waals surface area contributed by atoms with Crippen LogP contribution < -0.4 is 0 Å². The van der Waals surface area contributed by atoms with Crippen LogP contribution in [0.2, 0.25) is 5.02 Å². The number of hydrogen-bond donors (Lipinski definition) is 0. The summed E-state index contributed by atoms with van der Waals surface area (Å²) in [6, 6.07) is 5.33. The minimum absolute atomic E-state index is 0.0183. The number of morpholine rings is 1. The highest BCUT2D eigenvalue weighted by atomic mass is 35.5. The van der Waals surface area contributed by atoms with Gasteiger partial charge < -0.3 is 14.2 Å². The lowest BCUT2D eigenvalue weighted by atomic mass is 10.1. The zero-order chi connectivity index (χ0) is 15.7. The van der Waals surface area contributed by atoms with E-state index in [1.54, 1.807) is 23.4 Å². The molecule has 7 heteroatoms. The second-order valence-electron chi connectivity index (χ2n) is 5.37. The molecular formula is C15H17ClN4O2. The van der Waals surface area contributed by atoms with Crippen LogP contribution in [0.1, 0.15) is 27.8 Å². The standard InChI is InChI=1S/C15H17ClN4O2/c1-10-7-11(3-4-12(10)16)15(21)20-5-6-22-13(8-20)14-18-17-9-19(14)2/h3-4,7,9,13H,5-6,8H2,1-2H3. The molecule has 2 aromatic rings. The molecule has 1 aromatic heterocycles. The maximum absolute atomic E-state index is 12.6. The van der Waals surface area contributed by atoms with Crippen molar-refractivity contribution in [2.45, 2.75) is 13.0 Å². The molecule has 6 nitrogen and oxygen atoms in total. The molecule has 1 atom stereocenters. The summed E-state index contributed by atoms with van der Waals surface area (Å²) in [5.41, 5.74) is 1.53. The molecule has 2 heterocycles. The van der Waals surface area contributed by atoms with Crippen LogP contribution in [0.5, 0.6) is 0 Å². The number of rotatable bonds is 2. The fourth-order valence-electron chi connectivity index (χ4n) is 2.53. The maximum atomic E-state index is 12.6. The Morgan fingerprint density at radius 2 is 2.27 bits per heavy atom. The molecule has 1 unspecified atom stereocenters. The average Bonchev–Trinajstić information content (AvgIpc) is 2.95. The van der Waals surface area contributed by atoms with Crippen molar-refractivity contribution in [3.05, 3.63) is 46.5 Å². The molecular weight excluding hydrogens is 304 g/mol. The van der Waals surface area contributed by atoms with Gasteiger partial charge in [0.05, 0.1) is 13.2 Å². The lowest BCUT2D eigenvalue weighted by molar-refractivity contribution is -0.0281. The third-order valence-corrected chi connectivity index (χ3v) is 4.22. The van der Waals surface area contributed by atoms with Crippen molar-refractivity contribution >= 4 is 17.5 Å². The SMILES string of the molecule is Cc1cc(C(=O)N2CCOC(c3nncn3C)C2)ccc1Cl. The lowest BCUT2D eigenvalue weighted by Crippen LogP contribution is -2.42. The van der Waals surface area contributed by atoms with E-state index in [1.165, 1.54) is 0 Å². The van der Waals surface area contributed by atoms with Gasteiger partial charge in [0, 0.05) is 24.2 Å². The highest BCUT2D eigenvalue weighted by molar-refractivity contribution is 6.31. The minimum atomic E-state index is -0.251. The van der Waals surface area contributed by atoms with E-state index in [0.717, 1.165) is 11.4 Å². The number of nitrogens with zero attached hydrogens (tertiary/aromatic N) is 4. The van der Waals surface area contributed by atoms with Crippen molar-refractivity contribution in [3.63, 3.8) is 0 Å². The number of ether oxygens (including phenoxy) is 1. The number of hydrogen-bond acceptors (Lipinski definition) is 4. The van der Waals surface area contributed by atoms with Gasteiger partial charge in [-0.2, -0.15) is 0 Å². The summed E-state index contributed by atoms with van der Waals surface area (Å²) < 4.78 is 7.53. The molecule has 0 radical (unpaired) electrons. The Morgan fingerprint density at radius 1 is 1.45 bits per heavy atom. The van der Waals surface area contributed by atoms with Gasteiger partial charge in [-0.1, -0.05) is 11.6 Å². The van der Waals surface area contributed by atoms with Crippen molar-refractivity contribution in [1.82, 2.24) is 19.7 Å². The van der Waals surface area contributed by atoms with Crippen molar-refractivity contribution < 1.29 is 9.53 Å². The number of benzene rings is 1. The Morgan fingerprint density at radius 3 is 2.95 bits per heavy atom. The van der Waals surface area contributed by atoms with Gasteiger partial charge in [0.2, 0.25) is 0 Å². The lowest BCUT2D eigenvalue weighted by Gasteiger charge is -2.32. The van der Waals surface area contributed by atoms with Crippen LogP contribution in [0.15, 0.2) is 24.5 Å².